The number of carbonyl (C=O) groups excluding carboxylic acids is 2. The van der Waals surface area contributed by atoms with Gasteiger partial charge in [-0.2, -0.15) is 0 Å². The Labute approximate surface area is 322 Å². The SMILES string of the molecule is C/C=C/C/C=C/C/C=C\C/C=C\CCCC(=O)O[C@H](COC(=O)CCCCCCCCCCCCCC)COP(=O)(O)OC1[C@H](O)[C@H](O)C(O)[C@@H](O)[C@H]1O. The molecule has 312 valence electrons. The molecular formula is C40H69O13P. The lowest BCUT2D eigenvalue weighted by Crippen LogP contribution is -2.64. The first kappa shape index (κ1) is 49.8. The number of ether oxygens (including phenoxy) is 2. The average molecular weight is 789 g/mol. The summed E-state index contributed by atoms with van der Waals surface area (Å²) in [4.78, 5) is 35.4. The molecule has 54 heavy (non-hydrogen) atoms. The number of hydrogen-bond acceptors (Lipinski definition) is 12. The highest BCUT2D eigenvalue weighted by Crippen LogP contribution is 2.47. The van der Waals surface area contributed by atoms with E-state index in [0.717, 1.165) is 38.5 Å². The number of unbranched alkanes of at least 4 members (excludes halogenated alkanes) is 12. The van der Waals surface area contributed by atoms with Crippen molar-refractivity contribution in [1.82, 2.24) is 0 Å². The van der Waals surface area contributed by atoms with Crippen molar-refractivity contribution in [2.75, 3.05) is 13.2 Å². The first-order valence-electron chi connectivity index (χ1n) is 19.9. The minimum atomic E-state index is -5.12. The molecule has 0 aromatic heterocycles. The lowest BCUT2D eigenvalue weighted by Gasteiger charge is -2.41. The molecule has 0 amide bonds. The van der Waals surface area contributed by atoms with Gasteiger partial charge in [0.15, 0.2) is 6.10 Å². The van der Waals surface area contributed by atoms with E-state index in [0.29, 0.717) is 19.3 Å². The average Bonchev–Trinajstić information content (AvgIpc) is 3.15. The third-order valence-corrected chi connectivity index (χ3v) is 10.0. The first-order chi connectivity index (χ1) is 25.9. The van der Waals surface area contributed by atoms with Crippen LogP contribution in [0.2, 0.25) is 0 Å². The molecule has 6 atom stereocenters. The van der Waals surface area contributed by atoms with Crippen LogP contribution < -0.4 is 0 Å². The standard InChI is InChI=1S/C40H69O13P/c1-3-5-7-9-11-13-15-17-19-21-23-25-27-29-34(42)52-32(30-50-33(41)28-26-24-22-20-18-16-14-12-10-8-6-4-2)31-51-54(48,49)53-40-38(46)36(44)35(43)37(45)39(40)47/h3,5,9,11,15,17,21,23,32,35-40,43-47H,4,6-8,10,12-14,16,18-20,22,24-31H2,1-2H3,(H,48,49)/b5-3+,11-9+,17-15-,23-21-/t32-,35?,36-,37-,38-,39-,40?/m1/s1. The molecule has 0 aromatic rings. The van der Waals surface area contributed by atoms with Gasteiger partial charge in [-0.3, -0.25) is 18.6 Å². The third kappa shape index (κ3) is 23.7. The van der Waals surface area contributed by atoms with Gasteiger partial charge in [0, 0.05) is 12.8 Å². The Hall–Kier alpha value is -2.19. The van der Waals surface area contributed by atoms with Gasteiger partial charge in [0.25, 0.3) is 0 Å². The van der Waals surface area contributed by atoms with Crippen molar-refractivity contribution in [3.63, 3.8) is 0 Å². The molecule has 14 heteroatoms. The summed E-state index contributed by atoms with van der Waals surface area (Å²) in [5, 5.41) is 49.9. The number of hydrogen-bond donors (Lipinski definition) is 6. The molecule has 1 unspecified atom stereocenters. The predicted molar refractivity (Wildman–Crippen MR) is 207 cm³/mol. The number of rotatable bonds is 31. The molecule has 13 nitrogen and oxygen atoms in total. The smallest absolute Gasteiger partial charge is 0.462 e. The van der Waals surface area contributed by atoms with Crippen LogP contribution >= 0.6 is 7.82 Å². The normalized spacial score (nSPS) is 23.8. The van der Waals surface area contributed by atoms with Gasteiger partial charge < -0.3 is 39.9 Å². The van der Waals surface area contributed by atoms with Crippen LogP contribution in [0.5, 0.6) is 0 Å². The fourth-order valence-corrected chi connectivity index (χ4v) is 6.72. The molecule has 1 saturated carbocycles. The van der Waals surface area contributed by atoms with Gasteiger partial charge in [0.1, 0.15) is 43.2 Å². The molecular weight excluding hydrogens is 719 g/mol. The van der Waals surface area contributed by atoms with E-state index in [1.165, 1.54) is 51.4 Å². The number of aliphatic hydroxyl groups excluding tert-OH is 5. The van der Waals surface area contributed by atoms with Gasteiger partial charge in [-0.15, -0.1) is 0 Å². The van der Waals surface area contributed by atoms with Crippen molar-refractivity contribution >= 4 is 19.8 Å². The lowest BCUT2D eigenvalue weighted by molar-refractivity contribution is -0.220. The van der Waals surface area contributed by atoms with Gasteiger partial charge in [0.05, 0.1) is 6.61 Å². The second kappa shape index (κ2) is 31.0. The van der Waals surface area contributed by atoms with Crippen molar-refractivity contribution in [2.24, 2.45) is 0 Å². The van der Waals surface area contributed by atoms with Gasteiger partial charge in [-0.25, -0.2) is 4.57 Å². The number of carbonyl (C=O) groups is 2. The summed E-state index contributed by atoms with van der Waals surface area (Å²) in [5.74, 6) is -1.17. The van der Waals surface area contributed by atoms with Crippen LogP contribution in [-0.4, -0.2) is 98.3 Å². The van der Waals surface area contributed by atoms with Crippen LogP contribution in [0.25, 0.3) is 0 Å². The van der Waals surface area contributed by atoms with Crippen molar-refractivity contribution in [3.05, 3.63) is 48.6 Å². The predicted octanol–water partition coefficient (Wildman–Crippen LogP) is 6.44. The summed E-state index contributed by atoms with van der Waals surface area (Å²) in [7, 11) is -5.12. The summed E-state index contributed by atoms with van der Waals surface area (Å²) in [5.41, 5.74) is 0. The zero-order valence-corrected chi connectivity index (χ0v) is 33.4. The van der Waals surface area contributed by atoms with Gasteiger partial charge in [-0.1, -0.05) is 126 Å². The van der Waals surface area contributed by atoms with E-state index in [1.54, 1.807) is 0 Å². The Bertz CT molecular complexity index is 1140. The highest BCUT2D eigenvalue weighted by atomic mass is 31.2. The fourth-order valence-electron chi connectivity index (χ4n) is 5.75. The molecule has 1 aliphatic carbocycles. The lowest BCUT2D eigenvalue weighted by atomic mass is 9.85. The van der Waals surface area contributed by atoms with E-state index in [4.69, 9.17) is 18.5 Å². The Morgan fingerprint density at radius 2 is 1.07 bits per heavy atom. The second-order valence-corrected chi connectivity index (χ2v) is 15.2. The second-order valence-electron chi connectivity index (χ2n) is 13.8. The third-order valence-electron chi connectivity index (χ3n) is 9.02. The minimum Gasteiger partial charge on any atom is -0.462 e. The molecule has 0 radical (unpaired) electrons. The molecule has 0 heterocycles. The first-order valence-corrected chi connectivity index (χ1v) is 21.4. The summed E-state index contributed by atoms with van der Waals surface area (Å²) >= 11 is 0. The number of aliphatic hydroxyl groups is 5. The zero-order valence-electron chi connectivity index (χ0n) is 32.5. The summed E-state index contributed by atoms with van der Waals surface area (Å²) in [6.45, 7) is 2.98. The Morgan fingerprint density at radius 3 is 1.61 bits per heavy atom. The quantitative estimate of drug-likeness (QED) is 0.0194. The number of esters is 2. The zero-order chi connectivity index (χ0) is 40.0. The van der Waals surface area contributed by atoms with E-state index in [-0.39, 0.29) is 12.8 Å². The molecule has 0 bridgehead atoms. The van der Waals surface area contributed by atoms with Crippen molar-refractivity contribution < 1.29 is 63.1 Å². The maximum atomic E-state index is 12.7. The van der Waals surface area contributed by atoms with Gasteiger partial charge in [0.2, 0.25) is 0 Å². The molecule has 1 rings (SSSR count). The Balaban J connectivity index is 2.57. The summed E-state index contributed by atoms with van der Waals surface area (Å²) in [6, 6.07) is 0. The van der Waals surface area contributed by atoms with Crippen LogP contribution in [0.4, 0.5) is 0 Å². The van der Waals surface area contributed by atoms with E-state index in [9.17, 15) is 44.6 Å². The van der Waals surface area contributed by atoms with E-state index in [2.05, 4.69) is 37.3 Å². The maximum absolute atomic E-state index is 12.7. The Morgan fingerprint density at radius 1 is 0.611 bits per heavy atom. The molecule has 0 spiro atoms. The molecule has 0 aliphatic heterocycles. The largest absolute Gasteiger partial charge is 0.472 e. The van der Waals surface area contributed by atoms with Crippen molar-refractivity contribution in [2.45, 2.75) is 179 Å². The monoisotopic (exact) mass is 788 g/mol. The molecule has 1 fully saturated rings. The highest BCUT2D eigenvalue weighted by Gasteiger charge is 2.51. The van der Waals surface area contributed by atoms with E-state index < -0.39 is 75.7 Å². The van der Waals surface area contributed by atoms with Crippen LogP contribution in [0.1, 0.15) is 136 Å². The van der Waals surface area contributed by atoms with Crippen LogP contribution in [0.3, 0.4) is 0 Å². The fraction of sp³-hybridized carbons (Fsp3) is 0.750. The van der Waals surface area contributed by atoms with Crippen molar-refractivity contribution in [3.8, 4) is 0 Å². The molecule has 6 N–H and O–H groups in total. The summed E-state index contributed by atoms with van der Waals surface area (Å²) in [6.07, 6.45) is 20.6. The number of allylic oxidation sites excluding steroid dienone is 8. The van der Waals surface area contributed by atoms with Crippen LogP contribution in [-0.2, 0) is 32.7 Å². The molecule has 0 saturated heterocycles. The maximum Gasteiger partial charge on any atom is 0.472 e. The molecule has 1 aliphatic rings. The van der Waals surface area contributed by atoms with Crippen LogP contribution in [0.15, 0.2) is 48.6 Å². The highest BCUT2D eigenvalue weighted by molar-refractivity contribution is 7.47. The summed E-state index contributed by atoms with van der Waals surface area (Å²) < 4.78 is 33.3. The van der Waals surface area contributed by atoms with Gasteiger partial charge in [-0.05, 0) is 45.4 Å². The number of phosphoric acid groups is 1. The topological polar surface area (TPSA) is 210 Å². The van der Waals surface area contributed by atoms with Gasteiger partial charge >= 0.3 is 19.8 Å². The van der Waals surface area contributed by atoms with E-state index in [1.807, 2.05) is 25.2 Å². The van der Waals surface area contributed by atoms with Crippen molar-refractivity contribution in [1.29, 1.82) is 0 Å². The van der Waals surface area contributed by atoms with Crippen LogP contribution in [0, 0.1) is 0 Å². The van der Waals surface area contributed by atoms with E-state index >= 15 is 0 Å². The number of phosphoric ester groups is 1. The Kier molecular flexibility index (Phi) is 28.6. The molecule has 0 aromatic carbocycles. The minimum absolute atomic E-state index is 0.0202.